The highest BCUT2D eigenvalue weighted by Crippen LogP contribution is 2.09. The molecule has 0 fully saturated rings. The van der Waals surface area contributed by atoms with Crippen molar-refractivity contribution >= 4 is 11.8 Å². The summed E-state index contributed by atoms with van der Waals surface area (Å²) in [6, 6.07) is 11.3. The van der Waals surface area contributed by atoms with Gasteiger partial charge in [0.1, 0.15) is 0 Å². The van der Waals surface area contributed by atoms with Gasteiger partial charge in [0, 0.05) is 32.5 Å². The van der Waals surface area contributed by atoms with E-state index in [9.17, 15) is 9.59 Å². The van der Waals surface area contributed by atoms with Crippen LogP contribution in [-0.2, 0) is 6.54 Å². The molecule has 2 rings (SSSR count). The predicted octanol–water partition coefficient (Wildman–Crippen LogP) is 2.49. The van der Waals surface area contributed by atoms with Crippen molar-refractivity contribution in [3.05, 3.63) is 65.5 Å². The summed E-state index contributed by atoms with van der Waals surface area (Å²) in [6.45, 7) is 3.09. The highest BCUT2D eigenvalue weighted by atomic mass is 16.2. The fourth-order valence-electron chi connectivity index (χ4n) is 2.17. The number of benzene rings is 1. The van der Waals surface area contributed by atoms with Crippen LogP contribution < -0.4 is 5.32 Å². The fourth-order valence-corrected chi connectivity index (χ4v) is 2.17. The molecule has 120 valence electrons. The largest absolute Gasteiger partial charge is 0.352 e. The summed E-state index contributed by atoms with van der Waals surface area (Å²) < 4.78 is 0. The Morgan fingerprint density at radius 3 is 2.52 bits per heavy atom. The maximum absolute atomic E-state index is 12.5. The Balaban J connectivity index is 2.08. The van der Waals surface area contributed by atoms with Gasteiger partial charge < -0.3 is 10.2 Å². The molecule has 2 aromatic rings. The van der Waals surface area contributed by atoms with Gasteiger partial charge in [-0.3, -0.25) is 14.6 Å². The second kappa shape index (κ2) is 8.08. The van der Waals surface area contributed by atoms with Crippen LogP contribution in [0.4, 0.5) is 0 Å². The smallest absolute Gasteiger partial charge is 0.255 e. The number of carbonyl (C=O) groups is 2. The van der Waals surface area contributed by atoms with E-state index in [-0.39, 0.29) is 11.8 Å². The van der Waals surface area contributed by atoms with Crippen LogP contribution in [0, 0.1) is 0 Å². The predicted molar refractivity (Wildman–Crippen MR) is 89.1 cm³/mol. The van der Waals surface area contributed by atoms with Gasteiger partial charge in [-0.15, -0.1) is 0 Å². The molecule has 2 amide bonds. The maximum atomic E-state index is 12.5. The van der Waals surface area contributed by atoms with Gasteiger partial charge in [0.15, 0.2) is 0 Å². The van der Waals surface area contributed by atoms with Gasteiger partial charge in [0.2, 0.25) is 0 Å². The molecule has 0 radical (unpaired) electrons. The molecule has 1 aromatic heterocycles. The molecule has 0 aliphatic carbocycles. The lowest BCUT2D eigenvalue weighted by Crippen LogP contribution is -2.28. The number of amides is 2. The fraction of sp³-hybridized carbons (Fsp3) is 0.278. The number of nitrogens with zero attached hydrogens (tertiary/aromatic N) is 2. The first kappa shape index (κ1) is 16.7. The first-order valence-electron chi connectivity index (χ1n) is 7.64. The zero-order valence-corrected chi connectivity index (χ0v) is 13.5. The van der Waals surface area contributed by atoms with E-state index in [1.54, 1.807) is 18.0 Å². The molecule has 23 heavy (non-hydrogen) atoms. The van der Waals surface area contributed by atoms with Crippen LogP contribution in [0.3, 0.4) is 0 Å². The minimum Gasteiger partial charge on any atom is -0.352 e. The lowest BCUT2D eigenvalue weighted by molar-refractivity contribution is 0.0784. The second-order valence-electron chi connectivity index (χ2n) is 5.37. The Morgan fingerprint density at radius 1 is 1.13 bits per heavy atom. The van der Waals surface area contributed by atoms with Crippen LogP contribution in [0.1, 0.15) is 39.6 Å². The molecule has 1 heterocycles. The van der Waals surface area contributed by atoms with E-state index in [2.05, 4.69) is 10.3 Å². The van der Waals surface area contributed by atoms with Crippen LogP contribution in [0.15, 0.2) is 48.8 Å². The summed E-state index contributed by atoms with van der Waals surface area (Å²) in [7, 11) is 1.74. The molecule has 0 atom stereocenters. The molecule has 5 nitrogen and oxygen atoms in total. The van der Waals surface area contributed by atoms with E-state index in [0.717, 1.165) is 12.0 Å². The quantitative estimate of drug-likeness (QED) is 0.891. The zero-order valence-electron chi connectivity index (χ0n) is 13.5. The highest BCUT2D eigenvalue weighted by Gasteiger charge is 2.15. The van der Waals surface area contributed by atoms with Crippen molar-refractivity contribution in [2.24, 2.45) is 0 Å². The second-order valence-corrected chi connectivity index (χ2v) is 5.37. The summed E-state index contributed by atoms with van der Waals surface area (Å²) in [5, 5.41) is 2.78. The number of rotatable bonds is 6. The van der Waals surface area contributed by atoms with Crippen LogP contribution in [-0.4, -0.2) is 35.3 Å². The Kier molecular flexibility index (Phi) is 5.86. The van der Waals surface area contributed by atoms with E-state index in [4.69, 9.17) is 0 Å². The van der Waals surface area contributed by atoms with Crippen molar-refractivity contribution in [3.63, 3.8) is 0 Å². The molecule has 0 bridgehead atoms. The molecule has 0 saturated heterocycles. The highest BCUT2D eigenvalue weighted by molar-refractivity contribution is 5.99. The summed E-state index contributed by atoms with van der Waals surface area (Å²) in [5.74, 6) is -0.369. The van der Waals surface area contributed by atoms with Crippen molar-refractivity contribution in [3.8, 4) is 0 Å². The molecular formula is C18H21N3O2. The van der Waals surface area contributed by atoms with Gasteiger partial charge in [-0.05, 0) is 18.1 Å². The molecule has 1 aromatic carbocycles. The average molecular weight is 311 g/mol. The molecule has 5 heteroatoms. The van der Waals surface area contributed by atoms with Crippen molar-refractivity contribution in [1.29, 1.82) is 0 Å². The van der Waals surface area contributed by atoms with Gasteiger partial charge in [-0.1, -0.05) is 37.3 Å². The van der Waals surface area contributed by atoms with Gasteiger partial charge in [-0.2, -0.15) is 0 Å². The molecule has 1 N–H and O–H groups in total. The van der Waals surface area contributed by atoms with Crippen LogP contribution in [0.25, 0.3) is 0 Å². The van der Waals surface area contributed by atoms with Gasteiger partial charge >= 0.3 is 0 Å². The lowest BCUT2D eigenvalue weighted by atomic mass is 10.1. The summed E-state index contributed by atoms with van der Waals surface area (Å²) in [6.07, 6.45) is 3.82. The Hall–Kier alpha value is -2.69. The monoisotopic (exact) mass is 311 g/mol. The molecule has 0 spiro atoms. The third-order valence-electron chi connectivity index (χ3n) is 3.39. The minimum atomic E-state index is -0.209. The molecule has 0 aliphatic rings. The van der Waals surface area contributed by atoms with Crippen molar-refractivity contribution < 1.29 is 9.59 Å². The molecule has 0 saturated carbocycles. The Bertz CT molecular complexity index is 671. The Morgan fingerprint density at radius 2 is 1.83 bits per heavy atom. The van der Waals surface area contributed by atoms with Crippen molar-refractivity contribution in [2.75, 3.05) is 13.6 Å². The van der Waals surface area contributed by atoms with E-state index < -0.39 is 0 Å². The summed E-state index contributed by atoms with van der Waals surface area (Å²) >= 11 is 0. The normalized spacial score (nSPS) is 10.2. The first-order chi connectivity index (χ1) is 11.1. The number of nitrogens with one attached hydrogen (secondary N) is 1. The summed E-state index contributed by atoms with van der Waals surface area (Å²) in [4.78, 5) is 30.1. The number of hydrogen-bond acceptors (Lipinski definition) is 3. The third-order valence-corrected chi connectivity index (χ3v) is 3.39. The van der Waals surface area contributed by atoms with E-state index in [1.807, 2.05) is 37.3 Å². The van der Waals surface area contributed by atoms with Gasteiger partial charge in [0.25, 0.3) is 11.8 Å². The van der Waals surface area contributed by atoms with Gasteiger partial charge in [0.05, 0.1) is 11.1 Å². The molecular weight excluding hydrogens is 290 g/mol. The van der Waals surface area contributed by atoms with Gasteiger partial charge in [-0.25, -0.2) is 0 Å². The maximum Gasteiger partial charge on any atom is 0.255 e. The van der Waals surface area contributed by atoms with E-state index in [1.165, 1.54) is 12.4 Å². The number of aromatic nitrogens is 1. The summed E-state index contributed by atoms with van der Waals surface area (Å²) in [5.41, 5.74) is 1.86. The first-order valence-corrected chi connectivity index (χ1v) is 7.64. The van der Waals surface area contributed by atoms with Crippen molar-refractivity contribution in [1.82, 2.24) is 15.2 Å². The van der Waals surface area contributed by atoms with Crippen LogP contribution in [0.5, 0.6) is 0 Å². The zero-order chi connectivity index (χ0) is 16.7. The number of carbonyl (C=O) groups excluding carboxylic acids is 2. The SMILES string of the molecule is CCCNC(=O)c1cncc(C(=O)N(C)Cc2ccccc2)c1. The van der Waals surface area contributed by atoms with Crippen LogP contribution >= 0.6 is 0 Å². The van der Waals surface area contributed by atoms with Crippen LogP contribution in [0.2, 0.25) is 0 Å². The number of hydrogen-bond donors (Lipinski definition) is 1. The third kappa shape index (κ3) is 4.64. The number of pyridine rings is 1. The molecule has 0 unspecified atom stereocenters. The topological polar surface area (TPSA) is 62.3 Å². The standard InChI is InChI=1S/C18H21N3O2/c1-3-9-20-17(22)15-10-16(12-19-11-15)18(23)21(2)13-14-7-5-4-6-8-14/h4-8,10-12H,3,9,13H2,1-2H3,(H,20,22). The minimum absolute atomic E-state index is 0.161. The lowest BCUT2D eigenvalue weighted by Gasteiger charge is -2.17. The van der Waals surface area contributed by atoms with E-state index in [0.29, 0.717) is 24.2 Å². The van der Waals surface area contributed by atoms with Crippen molar-refractivity contribution in [2.45, 2.75) is 19.9 Å². The van der Waals surface area contributed by atoms with E-state index >= 15 is 0 Å². The Labute approximate surface area is 136 Å². The molecule has 0 aliphatic heterocycles. The average Bonchev–Trinajstić information content (AvgIpc) is 2.60.